The third-order valence-electron chi connectivity index (χ3n) is 7.16. The Morgan fingerprint density at radius 1 is 0.545 bits per heavy atom. The first-order valence-corrected chi connectivity index (χ1v) is 14.7. The molecule has 2 N–H and O–H groups in total. The summed E-state index contributed by atoms with van der Waals surface area (Å²) in [6.07, 6.45) is 0. The minimum Gasteiger partial charge on any atom is -0.359 e. The van der Waals surface area contributed by atoms with E-state index < -0.39 is 5.54 Å². The standard InChI is InChI=1S/C35H42N4O5/c36-28-42-25-35(39(40)41,26-43-29-37(21-31-13-5-1-6-14-31)22-32-15-7-2-8-16-32)27-44-30-38(23-33-17-9-3-10-18-33)24-34-19-11-4-12-20-34/h1-20H,21-30,36H2. The lowest BCUT2D eigenvalue weighted by molar-refractivity contribution is -0.583. The predicted molar refractivity (Wildman–Crippen MR) is 171 cm³/mol. The number of nitro groups is 1. The summed E-state index contributed by atoms with van der Waals surface area (Å²) in [6, 6.07) is 40.3. The fourth-order valence-corrected chi connectivity index (χ4v) is 4.92. The van der Waals surface area contributed by atoms with Crippen molar-refractivity contribution < 1.29 is 19.1 Å². The van der Waals surface area contributed by atoms with E-state index in [0.717, 1.165) is 22.3 Å². The third kappa shape index (κ3) is 10.9. The molecule has 0 fully saturated rings. The van der Waals surface area contributed by atoms with Gasteiger partial charge in [-0.05, 0) is 22.3 Å². The van der Waals surface area contributed by atoms with Gasteiger partial charge in [0.05, 0.1) is 20.2 Å². The molecule has 0 bridgehead atoms. The van der Waals surface area contributed by atoms with Gasteiger partial charge in [0.15, 0.2) is 0 Å². The molecule has 4 aromatic rings. The molecule has 0 aliphatic heterocycles. The van der Waals surface area contributed by atoms with E-state index in [-0.39, 0.29) is 44.9 Å². The van der Waals surface area contributed by atoms with E-state index >= 15 is 0 Å². The van der Waals surface area contributed by atoms with Crippen LogP contribution in [0, 0.1) is 10.1 Å². The molecule has 44 heavy (non-hydrogen) atoms. The molecule has 4 aromatic carbocycles. The molecule has 9 heteroatoms. The summed E-state index contributed by atoms with van der Waals surface area (Å²) in [5.41, 5.74) is 8.46. The Hall–Kier alpha value is -3.96. The number of nitrogens with zero attached hydrogens (tertiary/aromatic N) is 3. The van der Waals surface area contributed by atoms with Crippen molar-refractivity contribution in [3.63, 3.8) is 0 Å². The fraction of sp³-hybridized carbons (Fsp3) is 0.314. The van der Waals surface area contributed by atoms with Crippen molar-refractivity contribution in [3.05, 3.63) is 154 Å². The second-order valence-corrected chi connectivity index (χ2v) is 10.9. The molecule has 4 rings (SSSR count). The molecule has 0 unspecified atom stereocenters. The molecule has 0 spiro atoms. The molecule has 0 aliphatic rings. The maximum absolute atomic E-state index is 12.5. The van der Waals surface area contributed by atoms with Crippen LogP contribution >= 0.6 is 0 Å². The molecule has 0 saturated carbocycles. The molecule has 0 amide bonds. The molecule has 0 heterocycles. The lowest BCUT2D eigenvalue weighted by Crippen LogP contribution is -2.52. The Morgan fingerprint density at radius 2 is 0.841 bits per heavy atom. The van der Waals surface area contributed by atoms with E-state index in [2.05, 4.69) is 58.3 Å². The van der Waals surface area contributed by atoms with Gasteiger partial charge in [0.1, 0.15) is 19.8 Å². The normalized spacial score (nSPS) is 11.7. The van der Waals surface area contributed by atoms with Crippen LogP contribution in [0.3, 0.4) is 0 Å². The molecule has 0 aromatic heterocycles. The highest BCUT2D eigenvalue weighted by Crippen LogP contribution is 2.17. The van der Waals surface area contributed by atoms with Crippen molar-refractivity contribution >= 4 is 0 Å². The Labute approximate surface area is 259 Å². The van der Waals surface area contributed by atoms with Gasteiger partial charge in [-0.3, -0.25) is 19.9 Å². The topological polar surface area (TPSA) is 103 Å². The summed E-state index contributed by atoms with van der Waals surface area (Å²) in [4.78, 5) is 16.4. The quantitative estimate of drug-likeness (QED) is 0.0832. The van der Waals surface area contributed by atoms with Gasteiger partial charge in [0, 0.05) is 31.1 Å². The van der Waals surface area contributed by atoms with Crippen LogP contribution in [0.15, 0.2) is 121 Å². The van der Waals surface area contributed by atoms with E-state index in [1.165, 1.54) is 0 Å². The molecule has 232 valence electrons. The number of hydrogen-bond donors (Lipinski definition) is 1. The van der Waals surface area contributed by atoms with Crippen molar-refractivity contribution in [3.8, 4) is 0 Å². The van der Waals surface area contributed by atoms with Gasteiger partial charge in [0.25, 0.3) is 5.54 Å². The van der Waals surface area contributed by atoms with Crippen LogP contribution in [-0.4, -0.2) is 60.3 Å². The summed E-state index contributed by atoms with van der Waals surface area (Å²) in [5, 5.41) is 12.5. The summed E-state index contributed by atoms with van der Waals surface area (Å²) in [6.45, 7) is 2.13. The molecule has 0 aliphatic carbocycles. The summed E-state index contributed by atoms with van der Waals surface area (Å²) >= 11 is 0. The smallest absolute Gasteiger partial charge is 0.290 e. The van der Waals surface area contributed by atoms with Gasteiger partial charge in [-0.15, -0.1) is 0 Å². The van der Waals surface area contributed by atoms with Crippen molar-refractivity contribution in [2.75, 3.05) is 40.0 Å². The predicted octanol–water partition coefficient (Wildman–Crippen LogP) is 5.29. The highest BCUT2D eigenvalue weighted by molar-refractivity contribution is 5.18. The zero-order valence-electron chi connectivity index (χ0n) is 25.1. The highest BCUT2D eigenvalue weighted by Gasteiger charge is 2.45. The summed E-state index contributed by atoms with van der Waals surface area (Å²) in [7, 11) is 0. The van der Waals surface area contributed by atoms with Gasteiger partial charge in [0.2, 0.25) is 0 Å². The van der Waals surface area contributed by atoms with E-state index in [0.29, 0.717) is 26.2 Å². The largest absolute Gasteiger partial charge is 0.359 e. The van der Waals surface area contributed by atoms with Crippen molar-refractivity contribution in [2.24, 2.45) is 5.73 Å². The molecule has 0 saturated heterocycles. The van der Waals surface area contributed by atoms with Gasteiger partial charge in [-0.2, -0.15) is 0 Å². The van der Waals surface area contributed by atoms with Crippen LogP contribution in [0.4, 0.5) is 0 Å². The number of ether oxygens (including phenoxy) is 3. The van der Waals surface area contributed by atoms with Crippen LogP contribution in [0.5, 0.6) is 0 Å². The zero-order chi connectivity index (χ0) is 30.9. The zero-order valence-corrected chi connectivity index (χ0v) is 25.1. The Kier molecular flexibility index (Phi) is 13.5. The minimum absolute atomic E-state index is 0.141. The number of nitrogens with two attached hydrogens (primary N) is 1. The van der Waals surface area contributed by atoms with Gasteiger partial charge in [-0.1, -0.05) is 121 Å². The van der Waals surface area contributed by atoms with Crippen LogP contribution in [0.2, 0.25) is 0 Å². The molecular weight excluding hydrogens is 556 g/mol. The van der Waals surface area contributed by atoms with Crippen LogP contribution in [0.1, 0.15) is 22.3 Å². The Balaban J connectivity index is 1.42. The first kappa shape index (κ1) is 32.9. The highest BCUT2D eigenvalue weighted by atomic mass is 16.6. The average Bonchev–Trinajstić information content (AvgIpc) is 3.05. The lowest BCUT2D eigenvalue weighted by Gasteiger charge is -2.29. The Morgan fingerprint density at radius 3 is 1.11 bits per heavy atom. The number of benzene rings is 4. The minimum atomic E-state index is -1.63. The summed E-state index contributed by atoms with van der Waals surface area (Å²) in [5.74, 6) is 0. The first-order valence-electron chi connectivity index (χ1n) is 14.7. The third-order valence-corrected chi connectivity index (χ3v) is 7.16. The fourth-order valence-electron chi connectivity index (χ4n) is 4.92. The van der Waals surface area contributed by atoms with E-state index in [1.807, 2.05) is 72.8 Å². The maximum atomic E-state index is 12.5. The molecule has 9 nitrogen and oxygen atoms in total. The van der Waals surface area contributed by atoms with Gasteiger partial charge >= 0.3 is 0 Å². The van der Waals surface area contributed by atoms with Crippen LogP contribution < -0.4 is 5.73 Å². The van der Waals surface area contributed by atoms with Gasteiger partial charge in [-0.25, -0.2) is 0 Å². The number of hydrogen-bond acceptors (Lipinski definition) is 8. The van der Waals surface area contributed by atoms with Crippen LogP contribution in [0.25, 0.3) is 0 Å². The average molecular weight is 599 g/mol. The molecule has 0 atom stereocenters. The second-order valence-electron chi connectivity index (χ2n) is 10.9. The Bertz CT molecular complexity index is 1170. The first-order chi connectivity index (χ1) is 21.6. The SMILES string of the molecule is NCOCC(COCN(Cc1ccccc1)Cc1ccccc1)(COCN(Cc1ccccc1)Cc1ccccc1)[N+](=O)[O-]. The van der Waals surface area contributed by atoms with Crippen molar-refractivity contribution in [2.45, 2.75) is 31.7 Å². The second kappa shape index (κ2) is 18.0. The molecule has 0 radical (unpaired) electrons. The lowest BCUT2D eigenvalue weighted by atomic mass is 10.1. The van der Waals surface area contributed by atoms with Crippen LogP contribution in [-0.2, 0) is 40.4 Å². The summed E-state index contributed by atoms with van der Waals surface area (Å²) < 4.78 is 17.6. The van der Waals surface area contributed by atoms with Crippen molar-refractivity contribution in [1.82, 2.24) is 9.80 Å². The maximum Gasteiger partial charge on any atom is 0.290 e. The number of rotatable bonds is 20. The van der Waals surface area contributed by atoms with Gasteiger partial charge < -0.3 is 19.9 Å². The molecular formula is C35H42N4O5. The van der Waals surface area contributed by atoms with Crippen molar-refractivity contribution in [1.29, 1.82) is 0 Å². The van der Waals surface area contributed by atoms with E-state index in [1.54, 1.807) is 0 Å². The van der Waals surface area contributed by atoms with E-state index in [9.17, 15) is 10.1 Å². The van der Waals surface area contributed by atoms with E-state index in [4.69, 9.17) is 19.9 Å². The monoisotopic (exact) mass is 598 g/mol.